The highest BCUT2D eigenvalue weighted by atomic mass is 32.1. The van der Waals surface area contributed by atoms with Crippen molar-refractivity contribution in [2.75, 3.05) is 12.0 Å². The van der Waals surface area contributed by atoms with Crippen LogP contribution in [0.2, 0.25) is 0 Å². The molecule has 0 spiro atoms. The summed E-state index contributed by atoms with van der Waals surface area (Å²) >= 11 is 2.08. The van der Waals surface area contributed by atoms with Crippen molar-refractivity contribution in [2.45, 2.75) is 13.0 Å². The van der Waals surface area contributed by atoms with Crippen molar-refractivity contribution in [3.05, 3.63) is 79.9 Å². The highest BCUT2D eigenvalue weighted by Crippen LogP contribution is 2.44. The number of carbonyl (C=O) groups excluding carboxylic acids is 3. The smallest absolute Gasteiger partial charge is 0.350 e. The number of amides is 1. The molecule has 4 rings (SSSR count). The number of esters is 1. The van der Waals surface area contributed by atoms with Gasteiger partial charge in [-0.2, -0.15) is 0 Å². The average molecular weight is 458 g/mol. The Hall–Kier alpha value is -3.37. The molecule has 0 aliphatic carbocycles. The Balaban J connectivity index is 1.87. The second kappa shape index (κ2) is 8.05. The van der Waals surface area contributed by atoms with Gasteiger partial charge in [-0.1, -0.05) is 29.5 Å². The number of methoxy groups -OCH3 is 1. The van der Waals surface area contributed by atoms with Crippen LogP contribution in [0.25, 0.3) is 0 Å². The van der Waals surface area contributed by atoms with Crippen molar-refractivity contribution in [3.63, 3.8) is 0 Å². The standard InChI is InChI=1S/C21H15FN2O5S2/c1-10-18(20(28)29-2)31-21(23-10)24-15(11-5-7-12(22)8-6-11)14(17(26)19(24)27)16(25)13-4-3-9-30-13/h3-9,15,26H,1-2H3/t15-/m0/s1. The molecule has 1 aliphatic rings. The van der Waals surface area contributed by atoms with Gasteiger partial charge in [-0.05, 0) is 36.1 Å². The lowest BCUT2D eigenvalue weighted by Crippen LogP contribution is -2.31. The fourth-order valence-corrected chi connectivity index (χ4v) is 4.99. The molecule has 1 amide bonds. The van der Waals surface area contributed by atoms with Crippen molar-refractivity contribution in [3.8, 4) is 0 Å². The van der Waals surface area contributed by atoms with Crippen LogP contribution in [0.1, 0.15) is 36.6 Å². The van der Waals surface area contributed by atoms with Gasteiger partial charge in [0.05, 0.1) is 29.3 Å². The number of nitrogens with zero attached hydrogens (tertiary/aromatic N) is 2. The van der Waals surface area contributed by atoms with Crippen molar-refractivity contribution in [1.29, 1.82) is 0 Å². The second-order valence-corrected chi connectivity index (χ2v) is 8.53. The molecule has 0 radical (unpaired) electrons. The highest BCUT2D eigenvalue weighted by Gasteiger charge is 2.46. The SMILES string of the molecule is COC(=O)c1sc(N2C(=O)C(O)=C(C(=O)c3cccs3)[C@@H]2c2ccc(F)cc2)nc1C. The van der Waals surface area contributed by atoms with Gasteiger partial charge in [0.15, 0.2) is 10.9 Å². The third-order valence-electron chi connectivity index (χ3n) is 4.75. The Bertz CT molecular complexity index is 1220. The Morgan fingerprint density at radius 2 is 1.94 bits per heavy atom. The number of carbonyl (C=O) groups is 3. The van der Waals surface area contributed by atoms with Crippen LogP contribution in [0.4, 0.5) is 9.52 Å². The van der Waals surface area contributed by atoms with Crippen LogP contribution in [0.15, 0.2) is 53.1 Å². The zero-order chi connectivity index (χ0) is 22.3. The number of ether oxygens (including phenoxy) is 1. The Morgan fingerprint density at radius 1 is 1.23 bits per heavy atom. The number of hydrogen-bond donors (Lipinski definition) is 1. The van der Waals surface area contributed by atoms with Crippen LogP contribution in [0.3, 0.4) is 0 Å². The zero-order valence-electron chi connectivity index (χ0n) is 16.3. The lowest BCUT2D eigenvalue weighted by molar-refractivity contribution is -0.117. The number of Topliss-reactive ketones (excluding diaryl/α,β-unsaturated/α-hetero) is 1. The minimum Gasteiger partial charge on any atom is -0.503 e. The van der Waals surface area contributed by atoms with Crippen molar-refractivity contribution in [1.82, 2.24) is 4.98 Å². The van der Waals surface area contributed by atoms with Crippen molar-refractivity contribution < 1.29 is 28.6 Å². The number of aliphatic hydroxyl groups is 1. The van der Waals surface area contributed by atoms with E-state index in [4.69, 9.17) is 4.74 Å². The molecule has 3 aromatic rings. The molecule has 3 heterocycles. The molecule has 0 saturated carbocycles. The van der Waals surface area contributed by atoms with Crippen LogP contribution in [0, 0.1) is 12.7 Å². The molecular formula is C21H15FN2O5S2. The number of aliphatic hydroxyl groups excluding tert-OH is 1. The molecule has 1 aromatic carbocycles. The molecule has 158 valence electrons. The molecule has 0 fully saturated rings. The predicted octanol–water partition coefficient (Wildman–Crippen LogP) is 4.22. The number of aromatic nitrogens is 1. The van der Waals surface area contributed by atoms with E-state index in [0.717, 1.165) is 16.2 Å². The molecule has 7 nitrogen and oxygen atoms in total. The zero-order valence-corrected chi connectivity index (χ0v) is 17.9. The first kappa shape index (κ1) is 20.9. The van der Waals surface area contributed by atoms with Crippen molar-refractivity contribution >= 4 is 45.5 Å². The third-order valence-corrected chi connectivity index (χ3v) is 6.75. The maximum absolute atomic E-state index is 13.5. The predicted molar refractivity (Wildman–Crippen MR) is 113 cm³/mol. The number of halogens is 1. The number of hydrogen-bond acceptors (Lipinski definition) is 8. The Morgan fingerprint density at radius 3 is 2.55 bits per heavy atom. The van der Waals surface area contributed by atoms with Gasteiger partial charge in [-0.25, -0.2) is 14.2 Å². The van der Waals surface area contributed by atoms with Gasteiger partial charge in [-0.3, -0.25) is 14.5 Å². The van der Waals surface area contributed by atoms with Gasteiger partial charge in [0.2, 0.25) is 5.78 Å². The molecule has 0 bridgehead atoms. The average Bonchev–Trinajstić information content (AvgIpc) is 3.47. The Kier molecular flexibility index (Phi) is 5.42. The van der Waals surface area contributed by atoms with E-state index < -0.39 is 35.3 Å². The Labute approximate surface area is 184 Å². The lowest BCUT2D eigenvalue weighted by atomic mass is 9.95. The van der Waals surface area contributed by atoms with Gasteiger partial charge in [0.1, 0.15) is 10.7 Å². The van der Waals surface area contributed by atoms with Crippen LogP contribution < -0.4 is 4.90 Å². The summed E-state index contributed by atoms with van der Waals surface area (Å²) < 4.78 is 18.3. The maximum Gasteiger partial charge on any atom is 0.350 e. The fraction of sp³-hybridized carbons (Fsp3) is 0.143. The monoisotopic (exact) mass is 458 g/mol. The van der Waals surface area contributed by atoms with Gasteiger partial charge in [0.25, 0.3) is 5.91 Å². The number of benzene rings is 1. The van der Waals surface area contributed by atoms with E-state index in [1.807, 2.05) is 0 Å². The summed E-state index contributed by atoms with van der Waals surface area (Å²) in [5, 5.41) is 12.5. The van der Waals surface area contributed by atoms with E-state index in [1.165, 1.54) is 42.7 Å². The highest BCUT2D eigenvalue weighted by molar-refractivity contribution is 7.17. The van der Waals surface area contributed by atoms with Gasteiger partial charge in [0, 0.05) is 0 Å². The first-order chi connectivity index (χ1) is 14.8. The number of aryl methyl sites for hydroxylation is 1. The normalized spacial score (nSPS) is 16.2. The molecule has 0 unspecified atom stereocenters. The molecule has 2 aromatic heterocycles. The second-order valence-electron chi connectivity index (χ2n) is 6.60. The summed E-state index contributed by atoms with van der Waals surface area (Å²) in [4.78, 5) is 44.2. The summed E-state index contributed by atoms with van der Waals surface area (Å²) in [6.45, 7) is 1.59. The lowest BCUT2D eigenvalue weighted by Gasteiger charge is -2.24. The van der Waals surface area contributed by atoms with E-state index in [2.05, 4.69) is 4.98 Å². The molecule has 1 aliphatic heterocycles. The summed E-state index contributed by atoms with van der Waals surface area (Å²) in [5.74, 6) is -3.16. The first-order valence-corrected chi connectivity index (χ1v) is 10.7. The first-order valence-electron chi connectivity index (χ1n) is 8.99. The largest absolute Gasteiger partial charge is 0.503 e. The number of anilines is 1. The molecule has 1 N–H and O–H groups in total. The summed E-state index contributed by atoms with van der Waals surface area (Å²) in [5.41, 5.74) is 0.618. The van der Waals surface area contributed by atoms with Crippen LogP contribution in [-0.4, -0.2) is 34.9 Å². The maximum atomic E-state index is 13.5. The minimum absolute atomic E-state index is 0.109. The molecule has 1 atom stereocenters. The van der Waals surface area contributed by atoms with E-state index in [1.54, 1.807) is 24.4 Å². The van der Waals surface area contributed by atoms with Crippen molar-refractivity contribution in [2.24, 2.45) is 0 Å². The minimum atomic E-state index is -1.04. The van der Waals surface area contributed by atoms with E-state index >= 15 is 0 Å². The van der Waals surface area contributed by atoms with E-state index in [9.17, 15) is 23.9 Å². The molecule has 31 heavy (non-hydrogen) atoms. The van der Waals surface area contributed by atoms with Crippen LogP contribution in [-0.2, 0) is 9.53 Å². The number of thiophene rings is 1. The fourth-order valence-electron chi connectivity index (χ4n) is 3.30. The molecular weight excluding hydrogens is 443 g/mol. The summed E-state index contributed by atoms with van der Waals surface area (Å²) in [7, 11) is 1.23. The van der Waals surface area contributed by atoms with Gasteiger partial charge in [-0.15, -0.1) is 11.3 Å². The van der Waals surface area contributed by atoms with Gasteiger partial charge < -0.3 is 9.84 Å². The molecule has 10 heteroatoms. The number of thiazole rings is 1. The van der Waals surface area contributed by atoms with E-state index in [0.29, 0.717) is 16.1 Å². The third kappa shape index (κ3) is 3.53. The summed E-state index contributed by atoms with van der Waals surface area (Å²) in [6, 6.07) is 7.50. The number of ketones is 1. The van der Waals surface area contributed by atoms with Gasteiger partial charge >= 0.3 is 5.97 Å². The van der Waals surface area contributed by atoms with Crippen LogP contribution >= 0.6 is 22.7 Å². The molecule has 0 saturated heterocycles. The van der Waals surface area contributed by atoms with E-state index in [-0.39, 0.29) is 15.6 Å². The quantitative estimate of drug-likeness (QED) is 0.454. The van der Waals surface area contributed by atoms with Crippen LogP contribution in [0.5, 0.6) is 0 Å². The topological polar surface area (TPSA) is 96.8 Å². The number of rotatable bonds is 5. The summed E-state index contributed by atoms with van der Waals surface area (Å²) in [6.07, 6.45) is 0.